The fourth-order valence-electron chi connectivity index (χ4n) is 7.54. The van der Waals surface area contributed by atoms with Crippen LogP contribution in [0.2, 0.25) is 0 Å². The highest BCUT2D eigenvalue weighted by Gasteiger charge is 2.16. The lowest BCUT2D eigenvalue weighted by molar-refractivity contribution is -0.161. The molecule has 0 spiro atoms. The highest BCUT2D eigenvalue weighted by molar-refractivity contribution is 5.70. The average Bonchev–Trinajstić information content (AvgIpc) is 3.34. The molecule has 0 aliphatic carbocycles. The van der Waals surface area contributed by atoms with Crippen LogP contribution in [-0.2, 0) is 19.1 Å². The first kappa shape index (κ1) is 64.3. The molecule has 0 bridgehead atoms. The molecule has 0 fully saturated rings. The summed E-state index contributed by atoms with van der Waals surface area (Å²) < 4.78 is 10.7. The summed E-state index contributed by atoms with van der Waals surface area (Å²) in [4.78, 5) is 24.5. The van der Waals surface area contributed by atoms with E-state index in [1.807, 2.05) is 0 Å². The average molecular weight is 942 g/mol. The number of allylic oxidation sites excluding steroid dienone is 20. The predicted octanol–water partition coefficient (Wildman–Crippen LogP) is 19.1. The summed E-state index contributed by atoms with van der Waals surface area (Å²) in [6.45, 7) is 4.01. The van der Waals surface area contributed by atoms with Gasteiger partial charge in [0.15, 0.2) is 6.10 Å². The molecule has 0 amide bonds. The summed E-state index contributed by atoms with van der Waals surface area (Å²) >= 11 is 0. The van der Waals surface area contributed by atoms with Crippen LogP contribution in [0.4, 0.5) is 0 Å². The van der Waals surface area contributed by atoms with E-state index in [1.165, 1.54) is 116 Å². The number of hydrogen-bond acceptors (Lipinski definition) is 5. The second-order valence-electron chi connectivity index (χ2n) is 18.3. The number of hydrogen-bond donors (Lipinski definition) is 1. The quantitative estimate of drug-likeness (QED) is 0.0374. The molecule has 1 unspecified atom stereocenters. The lowest BCUT2D eigenvalue weighted by atomic mass is 10.0. The molecule has 0 rings (SSSR count). The topological polar surface area (TPSA) is 72.8 Å². The van der Waals surface area contributed by atoms with Gasteiger partial charge in [0.2, 0.25) is 0 Å². The summed E-state index contributed by atoms with van der Waals surface area (Å²) in [6, 6.07) is 0. The first-order valence-corrected chi connectivity index (χ1v) is 28.1. The van der Waals surface area contributed by atoms with Gasteiger partial charge >= 0.3 is 11.9 Å². The van der Waals surface area contributed by atoms with Gasteiger partial charge in [-0.1, -0.05) is 245 Å². The minimum Gasteiger partial charge on any atom is -0.462 e. The van der Waals surface area contributed by atoms with Gasteiger partial charge in [-0.2, -0.15) is 0 Å². The molecule has 0 saturated carbocycles. The van der Waals surface area contributed by atoms with E-state index < -0.39 is 6.10 Å². The first-order valence-electron chi connectivity index (χ1n) is 28.1. The number of esters is 2. The van der Waals surface area contributed by atoms with Gasteiger partial charge < -0.3 is 14.6 Å². The molecule has 0 heterocycles. The van der Waals surface area contributed by atoms with Crippen LogP contribution in [0.1, 0.15) is 245 Å². The van der Waals surface area contributed by atoms with E-state index in [0.717, 1.165) is 103 Å². The van der Waals surface area contributed by atoms with Crippen molar-refractivity contribution in [3.05, 3.63) is 122 Å². The Balaban J connectivity index is 3.63. The molecule has 0 saturated heterocycles. The third kappa shape index (κ3) is 54.9. The Hall–Kier alpha value is -3.70. The molecule has 0 aromatic rings. The van der Waals surface area contributed by atoms with E-state index in [0.29, 0.717) is 12.8 Å². The molecule has 5 heteroatoms. The molecule has 0 aliphatic heterocycles. The SMILES string of the molecule is CC/C=C\C/C=C\C/C=C\C/C=C\C/C=C\C/C=C\C/C=C\C/C=C\C/C=C\CCCCCC(=O)OC(CO)COC(=O)CCCCCCCCCCCCC/C=C\CCCCCCCCCC. The molecular weight excluding hydrogens is 837 g/mol. The first-order chi connectivity index (χ1) is 33.6. The summed E-state index contributed by atoms with van der Waals surface area (Å²) in [5.41, 5.74) is 0. The summed E-state index contributed by atoms with van der Waals surface area (Å²) in [7, 11) is 0. The van der Waals surface area contributed by atoms with Gasteiger partial charge in [-0.3, -0.25) is 9.59 Å². The van der Waals surface area contributed by atoms with Crippen LogP contribution in [0.3, 0.4) is 0 Å². The summed E-state index contributed by atoms with van der Waals surface area (Å²) in [5.74, 6) is -0.633. The molecule has 68 heavy (non-hydrogen) atoms. The van der Waals surface area contributed by atoms with Crippen molar-refractivity contribution < 1.29 is 24.2 Å². The molecule has 1 atom stereocenters. The molecule has 1 N–H and O–H groups in total. The molecule has 386 valence electrons. The maximum absolute atomic E-state index is 12.3. The Morgan fingerprint density at radius 3 is 0.985 bits per heavy atom. The third-order valence-corrected chi connectivity index (χ3v) is 11.7. The monoisotopic (exact) mass is 941 g/mol. The van der Waals surface area contributed by atoms with Crippen LogP contribution >= 0.6 is 0 Å². The largest absolute Gasteiger partial charge is 0.462 e. The Morgan fingerprint density at radius 2 is 0.632 bits per heavy atom. The van der Waals surface area contributed by atoms with Gasteiger partial charge in [-0.15, -0.1) is 0 Å². The number of carbonyl (C=O) groups excluding carboxylic acids is 2. The van der Waals surface area contributed by atoms with Gasteiger partial charge in [0, 0.05) is 12.8 Å². The van der Waals surface area contributed by atoms with Gasteiger partial charge in [0.1, 0.15) is 6.61 Å². The molecule has 5 nitrogen and oxygen atoms in total. The second-order valence-corrected chi connectivity index (χ2v) is 18.3. The highest BCUT2D eigenvalue weighted by atomic mass is 16.6. The van der Waals surface area contributed by atoms with Crippen molar-refractivity contribution in [2.45, 2.75) is 251 Å². The Labute approximate surface area is 420 Å². The smallest absolute Gasteiger partial charge is 0.306 e. The zero-order valence-corrected chi connectivity index (χ0v) is 44.1. The second kappa shape index (κ2) is 57.6. The van der Waals surface area contributed by atoms with Crippen molar-refractivity contribution in [2.24, 2.45) is 0 Å². The number of ether oxygens (including phenoxy) is 2. The van der Waals surface area contributed by atoms with Crippen LogP contribution in [0.15, 0.2) is 122 Å². The van der Waals surface area contributed by atoms with Crippen LogP contribution < -0.4 is 0 Å². The summed E-state index contributed by atoms with van der Waals surface area (Å²) in [5, 5.41) is 9.65. The van der Waals surface area contributed by atoms with Crippen molar-refractivity contribution >= 4 is 11.9 Å². The zero-order valence-electron chi connectivity index (χ0n) is 44.1. The van der Waals surface area contributed by atoms with Crippen LogP contribution in [0.25, 0.3) is 0 Å². The standard InChI is InChI=1S/C63H104O5/c1-3-5-7-9-11-13-15-17-19-21-23-25-27-28-29-30-31-32-33-34-36-38-40-42-44-46-48-50-52-54-56-58-63(66)68-61(59-64)60-67-62(65)57-55-53-51-49-47-45-43-41-39-37-35-26-24-22-20-18-16-14-12-10-8-6-4-2/h5,7,11,13,17,19,22-25,28-29,31-32,34,36,40,42,46,48,61,64H,3-4,6,8-10,12,14-16,18,20-21,26-27,30,33,35,37-39,41,43-45,47,49-60H2,1-2H3/b7-5-,13-11-,19-17-,24-22-,25-23-,29-28-,32-31-,36-34-,42-40-,48-46-. The van der Waals surface area contributed by atoms with E-state index in [9.17, 15) is 14.7 Å². The number of rotatable bonds is 50. The maximum Gasteiger partial charge on any atom is 0.306 e. The molecule has 0 aromatic heterocycles. The van der Waals surface area contributed by atoms with Gasteiger partial charge in [0.25, 0.3) is 0 Å². The van der Waals surface area contributed by atoms with E-state index in [-0.39, 0.29) is 25.2 Å². The lowest BCUT2D eigenvalue weighted by Gasteiger charge is -2.15. The molecular formula is C63H104O5. The molecule has 0 aromatic carbocycles. The van der Waals surface area contributed by atoms with Crippen LogP contribution in [0.5, 0.6) is 0 Å². The van der Waals surface area contributed by atoms with Gasteiger partial charge in [-0.05, 0) is 109 Å². The highest BCUT2D eigenvalue weighted by Crippen LogP contribution is 2.15. The van der Waals surface area contributed by atoms with Crippen LogP contribution in [-0.4, -0.2) is 36.4 Å². The Morgan fingerprint density at radius 1 is 0.353 bits per heavy atom. The van der Waals surface area contributed by atoms with Crippen molar-refractivity contribution in [1.82, 2.24) is 0 Å². The minimum atomic E-state index is -0.799. The Kier molecular flexibility index (Phi) is 54.5. The zero-order chi connectivity index (χ0) is 49.2. The predicted molar refractivity (Wildman–Crippen MR) is 297 cm³/mol. The van der Waals surface area contributed by atoms with Gasteiger partial charge in [-0.25, -0.2) is 0 Å². The maximum atomic E-state index is 12.3. The van der Waals surface area contributed by atoms with E-state index in [1.54, 1.807) is 0 Å². The van der Waals surface area contributed by atoms with Gasteiger partial charge in [0.05, 0.1) is 6.61 Å². The molecule has 0 aliphatic rings. The van der Waals surface area contributed by atoms with Crippen molar-refractivity contribution in [2.75, 3.05) is 13.2 Å². The molecule has 0 radical (unpaired) electrons. The van der Waals surface area contributed by atoms with E-state index in [4.69, 9.17) is 9.47 Å². The fraction of sp³-hybridized carbons (Fsp3) is 0.651. The fourth-order valence-corrected chi connectivity index (χ4v) is 7.54. The van der Waals surface area contributed by atoms with E-state index >= 15 is 0 Å². The minimum absolute atomic E-state index is 0.0863. The van der Waals surface area contributed by atoms with Crippen molar-refractivity contribution in [1.29, 1.82) is 0 Å². The normalized spacial score (nSPS) is 13.2. The number of carbonyl (C=O) groups is 2. The van der Waals surface area contributed by atoms with Crippen molar-refractivity contribution in [3.63, 3.8) is 0 Å². The van der Waals surface area contributed by atoms with E-state index in [2.05, 4.69) is 135 Å². The Bertz CT molecular complexity index is 1390. The van der Waals surface area contributed by atoms with Crippen molar-refractivity contribution in [3.8, 4) is 0 Å². The number of unbranched alkanes of at least 4 members (excludes halogenated alkanes) is 22. The number of aliphatic hydroxyl groups is 1. The third-order valence-electron chi connectivity index (χ3n) is 11.7. The van der Waals surface area contributed by atoms with Crippen LogP contribution in [0, 0.1) is 0 Å². The number of aliphatic hydroxyl groups excluding tert-OH is 1. The lowest BCUT2D eigenvalue weighted by Crippen LogP contribution is -2.28. The summed E-state index contributed by atoms with van der Waals surface area (Å²) in [6.07, 6.45) is 84.5.